The molecular weight excluding hydrogens is 321 g/mol. The Hall–Kier alpha value is -1.48. The van der Waals surface area contributed by atoms with Crippen LogP contribution in [0.5, 0.6) is 0 Å². The second kappa shape index (κ2) is 5.25. The lowest BCUT2D eigenvalue weighted by Crippen LogP contribution is -2.31. The van der Waals surface area contributed by atoms with Gasteiger partial charge in [0, 0.05) is 28.8 Å². The quantitative estimate of drug-likeness (QED) is 0.727. The molecule has 0 N–H and O–H groups in total. The summed E-state index contributed by atoms with van der Waals surface area (Å²) in [6, 6.07) is 7.18. The number of alkyl halides is 3. The van der Waals surface area contributed by atoms with E-state index in [9.17, 15) is 13.2 Å². The molecule has 0 amide bonds. The van der Waals surface area contributed by atoms with Crippen LogP contribution in [0, 0.1) is 11.3 Å². The molecule has 0 unspecified atom stereocenters. The van der Waals surface area contributed by atoms with Gasteiger partial charge in [-0.15, -0.1) is 0 Å². The monoisotopic (exact) mass is 330 g/mol. The molecule has 0 saturated heterocycles. The molecule has 2 nitrogen and oxygen atoms in total. The Balaban J connectivity index is 2.17. The lowest BCUT2D eigenvalue weighted by molar-refractivity contribution is -0.0943. The van der Waals surface area contributed by atoms with Crippen LogP contribution in [0.2, 0.25) is 0 Å². The maximum absolute atomic E-state index is 12.5. The fourth-order valence-corrected chi connectivity index (χ4v) is 2.41. The summed E-state index contributed by atoms with van der Waals surface area (Å²) in [5, 5.41) is 8.82. The van der Waals surface area contributed by atoms with Crippen molar-refractivity contribution >= 4 is 21.6 Å². The molecule has 1 aliphatic rings. The molecule has 0 aliphatic carbocycles. The number of rotatable bonds is 1. The zero-order valence-electron chi connectivity index (χ0n) is 9.84. The molecule has 1 aliphatic heterocycles. The summed E-state index contributed by atoms with van der Waals surface area (Å²) in [4.78, 5) is 1.85. The maximum atomic E-state index is 12.5. The summed E-state index contributed by atoms with van der Waals surface area (Å²) in [7, 11) is 0. The molecule has 1 aromatic carbocycles. The minimum Gasteiger partial charge on any atom is -0.367 e. The van der Waals surface area contributed by atoms with Gasteiger partial charge >= 0.3 is 6.18 Å². The molecule has 2 rings (SSSR count). The third kappa shape index (κ3) is 3.10. The molecule has 1 heterocycles. The molecule has 0 atom stereocenters. The summed E-state index contributed by atoms with van der Waals surface area (Å²) in [6.07, 6.45) is -3.02. The van der Waals surface area contributed by atoms with Crippen molar-refractivity contribution < 1.29 is 13.2 Å². The van der Waals surface area contributed by atoms with Crippen LogP contribution >= 0.6 is 15.9 Å². The van der Waals surface area contributed by atoms with E-state index in [0.29, 0.717) is 16.6 Å². The predicted molar refractivity (Wildman–Crippen MR) is 69.8 cm³/mol. The summed E-state index contributed by atoms with van der Waals surface area (Å²) in [5.74, 6) is 0. The molecule has 0 bridgehead atoms. The van der Waals surface area contributed by atoms with Gasteiger partial charge in [0.1, 0.15) is 6.07 Å². The van der Waals surface area contributed by atoms with Crippen LogP contribution in [0.15, 0.2) is 34.3 Å². The number of nitrogens with zero attached hydrogens (tertiary/aromatic N) is 2. The Morgan fingerprint density at radius 1 is 1.32 bits per heavy atom. The molecule has 100 valence electrons. The Labute approximate surface area is 117 Å². The van der Waals surface area contributed by atoms with E-state index < -0.39 is 11.7 Å². The number of hydrogen-bond acceptors (Lipinski definition) is 2. The van der Waals surface area contributed by atoms with Crippen LogP contribution in [-0.4, -0.2) is 19.3 Å². The first-order chi connectivity index (χ1) is 8.91. The molecule has 0 spiro atoms. The Morgan fingerprint density at radius 2 is 2.05 bits per heavy atom. The minimum absolute atomic E-state index is 0.0128. The van der Waals surface area contributed by atoms with Crippen LogP contribution in [0.4, 0.5) is 18.9 Å². The van der Waals surface area contributed by atoms with E-state index in [0.717, 1.165) is 5.69 Å². The van der Waals surface area contributed by atoms with Gasteiger partial charge < -0.3 is 4.90 Å². The van der Waals surface area contributed by atoms with Gasteiger partial charge in [-0.3, -0.25) is 0 Å². The van der Waals surface area contributed by atoms with Crippen molar-refractivity contribution in [3.05, 3.63) is 39.9 Å². The first-order valence-corrected chi connectivity index (χ1v) is 6.42. The van der Waals surface area contributed by atoms with Gasteiger partial charge in [-0.05, 0) is 40.5 Å². The number of anilines is 1. The normalized spacial score (nSPS) is 15.9. The van der Waals surface area contributed by atoms with E-state index in [1.165, 1.54) is 6.08 Å². The van der Waals surface area contributed by atoms with Crippen molar-refractivity contribution in [3.63, 3.8) is 0 Å². The molecule has 6 heteroatoms. The predicted octanol–water partition coefficient (Wildman–Crippen LogP) is 4.02. The maximum Gasteiger partial charge on any atom is 0.412 e. The van der Waals surface area contributed by atoms with Crippen molar-refractivity contribution in [3.8, 4) is 6.07 Å². The Bertz CT molecular complexity index is 558. The average Bonchev–Trinajstić information content (AvgIpc) is 2.38. The van der Waals surface area contributed by atoms with E-state index >= 15 is 0 Å². The highest BCUT2D eigenvalue weighted by atomic mass is 79.9. The molecular formula is C13H10BrF3N2. The van der Waals surface area contributed by atoms with E-state index in [-0.39, 0.29) is 13.0 Å². The van der Waals surface area contributed by atoms with E-state index in [2.05, 4.69) is 15.9 Å². The van der Waals surface area contributed by atoms with Crippen molar-refractivity contribution in [2.24, 2.45) is 0 Å². The van der Waals surface area contributed by atoms with Gasteiger partial charge in [-0.25, -0.2) is 0 Å². The molecule has 0 radical (unpaired) electrons. The second-order valence-electron chi connectivity index (χ2n) is 4.20. The number of halogens is 4. The van der Waals surface area contributed by atoms with E-state index in [4.69, 9.17) is 5.26 Å². The first kappa shape index (κ1) is 13.9. The summed E-state index contributed by atoms with van der Waals surface area (Å²) in [5.41, 5.74) is 0.854. The van der Waals surface area contributed by atoms with E-state index in [1.807, 2.05) is 11.0 Å². The SMILES string of the molecule is N#Cc1ccc(N2CC=C(C(F)(F)F)CC2)cc1Br. The molecule has 0 aromatic heterocycles. The van der Waals surface area contributed by atoms with Gasteiger partial charge in [0.05, 0.1) is 5.56 Å². The van der Waals surface area contributed by atoms with Crippen molar-refractivity contribution in [2.75, 3.05) is 18.0 Å². The molecule has 19 heavy (non-hydrogen) atoms. The smallest absolute Gasteiger partial charge is 0.367 e. The van der Waals surface area contributed by atoms with Crippen molar-refractivity contribution in [1.82, 2.24) is 0 Å². The fourth-order valence-electron chi connectivity index (χ4n) is 1.95. The van der Waals surface area contributed by atoms with Crippen LogP contribution in [-0.2, 0) is 0 Å². The average molecular weight is 331 g/mol. The summed E-state index contributed by atoms with van der Waals surface area (Å²) < 4.78 is 38.2. The van der Waals surface area contributed by atoms with E-state index in [1.54, 1.807) is 18.2 Å². The molecule has 0 fully saturated rings. The van der Waals surface area contributed by atoms with Gasteiger partial charge in [0.15, 0.2) is 0 Å². The largest absolute Gasteiger partial charge is 0.412 e. The van der Waals surface area contributed by atoms with Crippen LogP contribution in [0.3, 0.4) is 0 Å². The topological polar surface area (TPSA) is 27.0 Å². The lowest BCUT2D eigenvalue weighted by Gasteiger charge is -2.29. The highest BCUT2D eigenvalue weighted by Gasteiger charge is 2.34. The van der Waals surface area contributed by atoms with Gasteiger partial charge in [0.25, 0.3) is 0 Å². The minimum atomic E-state index is -4.22. The van der Waals surface area contributed by atoms with Crippen molar-refractivity contribution in [2.45, 2.75) is 12.6 Å². The Kier molecular flexibility index (Phi) is 3.85. The van der Waals surface area contributed by atoms with Crippen molar-refractivity contribution in [1.29, 1.82) is 5.26 Å². The number of nitriles is 1. The fraction of sp³-hybridized carbons (Fsp3) is 0.308. The van der Waals surface area contributed by atoms with Crippen LogP contribution in [0.25, 0.3) is 0 Å². The summed E-state index contributed by atoms with van der Waals surface area (Å²) in [6.45, 7) is 0.552. The third-order valence-electron chi connectivity index (χ3n) is 3.01. The van der Waals surface area contributed by atoms with Gasteiger partial charge in [-0.2, -0.15) is 18.4 Å². The van der Waals surface area contributed by atoms with Crippen LogP contribution in [0.1, 0.15) is 12.0 Å². The zero-order valence-corrected chi connectivity index (χ0v) is 11.4. The first-order valence-electron chi connectivity index (χ1n) is 5.62. The van der Waals surface area contributed by atoms with Crippen LogP contribution < -0.4 is 4.90 Å². The van der Waals surface area contributed by atoms with Gasteiger partial charge in [-0.1, -0.05) is 6.08 Å². The zero-order chi connectivity index (χ0) is 14.0. The lowest BCUT2D eigenvalue weighted by atomic mass is 10.1. The second-order valence-corrected chi connectivity index (χ2v) is 5.05. The summed E-state index contributed by atoms with van der Waals surface area (Å²) >= 11 is 3.27. The molecule has 0 saturated carbocycles. The highest BCUT2D eigenvalue weighted by molar-refractivity contribution is 9.10. The van der Waals surface area contributed by atoms with Gasteiger partial charge in [0.2, 0.25) is 0 Å². The standard InChI is InChI=1S/C13H10BrF3N2/c14-12-7-11(2-1-9(12)8-18)19-5-3-10(4-6-19)13(15,16)17/h1-3,7H,4-6H2. The highest BCUT2D eigenvalue weighted by Crippen LogP contribution is 2.32. The number of benzene rings is 1. The Morgan fingerprint density at radius 3 is 2.53 bits per heavy atom. The molecule has 1 aromatic rings. The number of hydrogen-bond donors (Lipinski definition) is 0. The third-order valence-corrected chi connectivity index (χ3v) is 3.67.